The van der Waals surface area contributed by atoms with Crippen LogP contribution >= 0.6 is 0 Å². The lowest BCUT2D eigenvalue weighted by Gasteiger charge is -2.46. The Kier molecular flexibility index (Phi) is 2.10. The van der Waals surface area contributed by atoms with Crippen LogP contribution in [-0.2, 0) is 4.74 Å². The summed E-state index contributed by atoms with van der Waals surface area (Å²) in [6.45, 7) is 1.18. The molecule has 0 aromatic rings. The van der Waals surface area contributed by atoms with Crippen LogP contribution in [0.2, 0.25) is 0 Å². The van der Waals surface area contributed by atoms with Gasteiger partial charge in [-0.1, -0.05) is 6.42 Å². The minimum absolute atomic E-state index is 0.524. The predicted molar refractivity (Wildman–Crippen MR) is 56.2 cm³/mol. The van der Waals surface area contributed by atoms with E-state index in [1.54, 1.807) is 0 Å². The maximum Gasteiger partial charge on any atom is 0.0651 e. The van der Waals surface area contributed by atoms with Crippen LogP contribution in [0.25, 0.3) is 0 Å². The molecule has 80 valence electrons. The maximum atomic E-state index is 6.06. The van der Waals surface area contributed by atoms with E-state index in [4.69, 9.17) is 4.74 Å². The molecule has 1 N–H and O–H groups in total. The van der Waals surface area contributed by atoms with Crippen molar-refractivity contribution < 1.29 is 4.74 Å². The van der Waals surface area contributed by atoms with Gasteiger partial charge in [-0.2, -0.15) is 0 Å². The molecular weight excluding hydrogens is 174 g/mol. The maximum absolute atomic E-state index is 6.06. The summed E-state index contributed by atoms with van der Waals surface area (Å²) >= 11 is 0. The van der Waals surface area contributed by atoms with E-state index in [1.807, 2.05) is 0 Å². The van der Waals surface area contributed by atoms with Gasteiger partial charge in [0.2, 0.25) is 0 Å². The zero-order chi connectivity index (χ0) is 9.60. The van der Waals surface area contributed by atoms with Gasteiger partial charge in [-0.3, -0.25) is 0 Å². The molecule has 2 heteroatoms. The third-order valence-corrected chi connectivity index (χ3v) is 4.78. The largest absolute Gasteiger partial charge is 0.374 e. The van der Waals surface area contributed by atoms with Gasteiger partial charge < -0.3 is 10.1 Å². The summed E-state index contributed by atoms with van der Waals surface area (Å²) in [6.07, 6.45) is 9.53. The molecule has 3 aliphatic rings. The number of nitrogens with one attached hydrogen (secondary N) is 1. The lowest BCUT2D eigenvalue weighted by atomic mass is 9.59. The molecule has 2 saturated heterocycles. The number of hydrogen-bond donors (Lipinski definition) is 1. The van der Waals surface area contributed by atoms with Crippen molar-refractivity contribution in [1.29, 1.82) is 0 Å². The van der Waals surface area contributed by atoms with Gasteiger partial charge >= 0.3 is 0 Å². The Hall–Kier alpha value is -0.0800. The van der Waals surface area contributed by atoms with Gasteiger partial charge in [-0.15, -0.1) is 0 Å². The van der Waals surface area contributed by atoms with Crippen molar-refractivity contribution in [3.63, 3.8) is 0 Å². The highest BCUT2D eigenvalue weighted by Gasteiger charge is 2.56. The quantitative estimate of drug-likeness (QED) is 0.743. The topological polar surface area (TPSA) is 21.3 Å². The van der Waals surface area contributed by atoms with Crippen LogP contribution in [0.3, 0.4) is 0 Å². The summed E-state index contributed by atoms with van der Waals surface area (Å²) in [5.41, 5.74) is 0.524. The van der Waals surface area contributed by atoms with Crippen LogP contribution in [0.1, 0.15) is 38.5 Å². The van der Waals surface area contributed by atoms with Crippen molar-refractivity contribution in [3.8, 4) is 0 Å². The molecule has 1 aliphatic carbocycles. The number of rotatable bonds is 3. The van der Waals surface area contributed by atoms with Crippen LogP contribution in [0, 0.1) is 11.3 Å². The Morgan fingerprint density at radius 2 is 2.14 bits per heavy atom. The first-order valence-corrected chi connectivity index (χ1v) is 6.15. The summed E-state index contributed by atoms with van der Waals surface area (Å²) in [5, 5.41) is 3.40. The van der Waals surface area contributed by atoms with E-state index in [2.05, 4.69) is 12.4 Å². The van der Waals surface area contributed by atoms with Gasteiger partial charge in [0.25, 0.3) is 0 Å². The lowest BCUT2D eigenvalue weighted by Crippen LogP contribution is -2.48. The zero-order valence-corrected chi connectivity index (χ0v) is 9.09. The van der Waals surface area contributed by atoms with Crippen molar-refractivity contribution in [2.24, 2.45) is 11.3 Å². The Morgan fingerprint density at radius 1 is 1.29 bits per heavy atom. The molecule has 0 amide bonds. The predicted octanol–water partition coefficient (Wildman–Crippen LogP) is 1.94. The monoisotopic (exact) mass is 195 g/mol. The molecule has 3 rings (SSSR count). The summed E-state index contributed by atoms with van der Waals surface area (Å²) in [4.78, 5) is 0. The van der Waals surface area contributed by atoms with Gasteiger partial charge in [0, 0.05) is 12.0 Å². The molecule has 0 aromatic heterocycles. The number of fused-ring (bicyclic) bond motifs is 2. The molecule has 14 heavy (non-hydrogen) atoms. The van der Waals surface area contributed by atoms with E-state index in [9.17, 15) is 0 Å². The molecule has 1 saturated carbocycles. The van der Waals surface area contributed by atoms with E-state index in [0.717, 1.165) is 5.92 Å². The highest BCUT2D eigenvalue weighted by atomic mass is 16.5. The normalized spacial score (nSPS) is 46.9. The number of hydrogen-bond acceptors (Lipinski definition) is 2. The Balaban J connectivity index is 1.81. The van der Waals surface area contributed by atoms with E-state index >= 15 is 0 Å². The minimum atomic E-state index is 0.524. The van der Waals surface area contributed by atoms with E-state index in [1.165, 1.54) is 45.1 Å². The second-order valence-corrected chi connectivity index (χ2v) is 5.42. The van der Waals surface area contributed by atoms with Crippen molar-refractivity contribution in [2.75, 3.05) is 13.6 Å². The highest BCUT2D eigenvalue weighted by Crippen LogP contribution is 2.56. The molecular formula is C12H21NO. The molecule has 2 aliphatic heterocycles. The second-order valence-electron chi connectivity index (χ2n) is 5.42. The van der Waals surface area contributed by atoms with Crippen molar-refractivity contribution in [2.45, 2.75) is 50.7 Å². The number of ether oxygens (including phenoxy) is 1. The zero-order valence-electron chi connectivity index (χ0n) is 9.09. The van der Waals surface area contributed by atoms with Crippen LogP contribution in [0.5, 0.6) is 0 Å². The van der Waals surface area contributed by atoms with Crippen LogP contribution in [0.4, 0.5) is 0 Å². The molecule has 0 radical (unpaired) electrons. The molecule has 2 bridgehead atoms. The molecule has 3 atom stereocenters. The summed E-state index contributed by atoms with van der Waals surface area (Å²) in [6, 6.07) is 0. The van der Waals surface area contributed by atoms with Crippen LogP contribution < -0.4 is 5.32 Å². The van der Waals surface area contributed by atoms with Gasteiger partial charge in [0.05, 0.1) is 12.2 Å². The average molecular weight is 195 g/mol. The van der Waals surface area contributed by atoms with Gasteiger partial charge in [0.1, 0.15) is 0 Å². The summed E-state index contributed by atoms with van der Waals surface area (Å²) < 4.78 is 6.06. The molecule has 2 nitrogen and oxygen atoms in total. The summed E-state index contributed by atoms with van der Waals surface area (Å²) in [7, 11) is 2.09. The Morgan fingerprint density at radius 3 is 2.57 bits per heavy atom. The fraction of sp³-hybridized carbons (Fsp3) is 1.00. The standard InChI is InChI=1S/C12H21NO/c1-13-8-12(9-3-2-4-9)7-10-5-6-11(12)14-10/h9-11,13H,2-8H2,1H3. The lowest BCUT2D eigenvalue weighted by molar-refractivity contribution is -0.000127. The van der Waals surface area contributed by atoms with E-state index in [-0.39, 0.29) is 0 Å². The third kappa shape index (κ3) is 1.10. The first-order valence-electron chi connectivity index (χ1n) is 6.15. The van der Waals surface area contributed by atoms with Gasteiger partial charge in [-0.05, 0) is 45.1 Å². The van der Waals surface area contributed by atoms with Gasteiger partial charge in [-0.25, -0.2) is 0 Å². The van der Waals surface area contributed by atoms with E-state index in [0.29, 0.717) is 17.6 Å². The molecule has 2 heterocycles. The highest BCUT2D eigenvalue weighted by molar-refractivity contribution is 5.06. The molecule has 0 aromatic carbocycles. The second kappa shape index (κ2) is 3.21. The van der Waals surface area contributed by atoms with Crippen LogP contribution in [-0.4, -0.2) is 25.8 Å². The van der Waals surface area contributed by atoms with Crippen molar-refractivity contribution in [1.82, 2.24) is 5.32 Å². The fourth-order valence-corrected chi connectivity index (χ4v) is 3.91. The molecule has 0 spiro atoms. The fourth-order valence-electron chi connectivity index (χ4n) is 3.91. The van der Waals surface area contributed by atoms with Crippen molar-refractivity contribution in [3.05, 3.63) is 0 Å². The first-order chi connectivity index (χ1) is 6.85. The molecule has 3 unspecified atom stereocenters. The summed E-state index contributed by atoms with van der Waals surface area (Å²) in [5.74, 6) is 0.963. The minimum Gasteiger partial charge on any atom is -0.374 e. The Labute approximate surface area is 86.4 Å². The van der Waals surface area contributed by atoms with Crippen LogP contribution in [0.15, 0.2) is 0 Å². The third-order valence-electron chi connectivity index (χ3n) is 4.78. The van der Waals surface area contributed by atoms with Crippen molar-refractivity contribution >= 4 is 0 Å². The Bertz CT molecular complexity index is 226. The molecule has 3 fully saturated rings. The SMILES string of the molecule is CNCC1(C2CCC2)CC2CCC1O2. The van der Waals surface area contributed by atoms with E-state index < -0.39 is 0 Å². The average Bonchev–Trinajstić information content (AvgIpc) is 2.60. The smallest absolute Gasteiger partial charge is 0.0651 e. The first kappa shape index (κ1) is 9.17. The van der Waals surface area contributed by atoms with Gasteiger partial charge in [0.15, 0.2) is 0 Å².